The number of halogens is 1. The summed E-state index contributed by atoms with van der Waals surface area (Å²) in [5.74, 6) is 1.96. The second-order valence-corrected chi connectivity index (χ2v) is 7.25. The largest absolute Gasteiger partial charge is 0.357 e. The van der Waals surface area contributed by atoms with Crippen LogP contribution < -0.4 is 20.9 Å². The van der Waals surface area contributed by atoms with Crippen LogP contribution in [0.25, 0.3) is 0 Å². The Morgan fingerprint density at radius 3 is 2.61 bits per heavy atom. The monoisotopic (exact) mass is 502 g/mol. The van der Waals surface area contributed by atoms with Gasteiger partial charge in [-0.3, -0.25) is 9.79 Å². The molecule has 3 N–H and O–H groups in total. The first-order valence-electron chi connectivity index (χ1n) is 10.0. The molecular formula is C20H35IN6O. The van der Waals surface area contributed by atoms with Crippen LogP contribution in [0.2, 0.25) is 0 Å². The minimum Gasteiger partial charge on any atom is -0.357 e. The molecule has 7 nitrogen and oxygen atoms in total. The molecule has 0 radical (unpaired) electrons. The number of rotatable bonds is 7. The zero-order valence-corrected chi connectivity index (χ0v) is 19.8. The SMILES string of the molecule is CCNC(=NCCNC(=O)C(C)C)NC1CCN(c2cccc(C)n2)CC1.I. The van der Waals surface area contributed by atoms with E-state index in [2.05, 4.69) is 49.9 Å². The molecular weight excluding hydrogens is 467 g/mol. The summed E-state index contributed by atoms with van der Waals surface area (Å²) in [6.07, 6.45) is 2.09. The summed E-state index contributed by atoms with van der Waals surface area (Å²) in [4.78, 5) is 23.1. The first-order chi connectivity index (χ1) is 13.0. The third-order valence-electron chi connectivity index (χ3n) is 4.58. The number of amides is 1. The van der Waals surface area contributed by atoms with E-state index in [1.165, 1.54) is 0 Å². The van der Waals surface area contributed by atoms with Gasteiger partial charge in [0.1, 0.15) is 5.82 Å². The first kappa shape index (κ1) is 24.5. The Balaban J connectivity index is 0.00000392. The summed E-state index contributed by atoms with van der Waals surface area (Å²) in [6, 6.07) is 6.57. The van der Waals surface area contributed by atoms with Crippen LogP contribution in [0.4, 0.5) is 5.82 Å². The van der Waals surface area contributed by atoms with Crippen molar-refractivity contribution < 1.29 is 4.79 Å². The van der Waals surface area contributed by atoms with Crippen molar-refractivity contribution in [3.8, 4) is 0 Å². The van der Waals surface area contributed by atoms with Gasteiger partial charge in [0, 0.05) is 43.8 Å². The minimum atomic E-state index is 0. The zero-order valence-electron chi connectivity index (χ0n) is 17.5. The lowest BCUT2D eigenvalue weighted by molar-refractivity contribution is -0.123. The van der Waals surface area contributed by atoms with E-state index in [0.717, 1.165) is 49.9 Å². The number of hydrogen-bond donors (Lipinski definition) is 3. The number of aryl methyl sites for hydroxylation is 1. The maximum atomic E-state index is 11.6. The van der Waals surface area contributed by atoms with Gasteiger partial charge in [0.15, 0.2) is 5.96 Å². The molecule has 2 rings (SSSR count). The number of hydrogen-bond acceptors (Lipinski definition) is 4. The second-order valence-electron chi connectivity index (χ2n) is 7.25. The Morgan fingerprint density at radius 1 is 1.29 bits per heavy atom. The van der Waals surface area contributed by atoms with Gasteiger partial charge in [-0.2, -0.15) is 0 Å². The van der Waals surface area contributed by atoms with E-state index in [9.17, 15) is 4.79 Å². The Labute approximate surface area is 186 Å². The van der Waals surface area contributed by atoms with Crippen molar-refractivity contribution in [3.63, 3.8) is 0 Å². The van der Waals surface area contributed by atoms with Crippen molar-refractivity contribution >= 4 is 41.7 Å². The number of nitrogens with one attached hydrogen (secondary N) is 3. The fraction of sp³-hybridized carbons (Fsp3) is 0.650. The van der Waals surface area contributed by atoms with Crippen LogP contribution in [0.5, 0.6) is 0 Å². The lowest BCUT2D eigenvalue weighted by Gasteiger charge is -2.34. The molecule has 158 valence electrons. The van der Waals surface area contributed by atoms with Crippen molar-refractivity contribution in [1.82, 2.24) is 20.9 Å². The van der Waals surface area contributed by atoms with Gasteiger partial charge in [0.2, 0.25) is 5.91 Å². The standard InChI is InChI=1S/C20H34N6O.HI/c1-5-21-20(23-12-11-22-19(27)15(2)3)25-17-9-13-26(14-10-17)18-8-6-7-16(4)24-18;/h6-8,15,17H,5,9-14H2,1-4H3,(H,22,27)(H2,21,23,25);1H. The molecule has 1 fully saturated rings. The second kappa shape index (κ2) is 12.8. The van der Waals surface area contributed by atoms with E-state index in [0.29, 0.717) is 19.1 Å². The Hall–Kier alpha value is -1.58. The molecule has 28 heavy (non-hydrogen) atoms. The van der Waals surface area contributed by atoms with Crippen LogP contribution in [0, 0.1) is 12.8 Å². The molecule has 0 spiro atoms. The number of piperidine rings is 1. The summed E-state index contributed by atoms with van der Waals surface area (Å²) < 4.78 is 0. The number of carbonyl (C=O) groups excluding carboxylic acids is 1. The summed E-state index contributed by atoms with van der Waals surface area (Å²) in [5, 5.41) is 9.72. The Morgan fingerprint density at radius 2 is 2.00 bits per heavy atom. The number of carbonyl (C=O) groups is 1. The predicted molar refractivity (Wildman–Crippen MR) is 127 cm³/mol. The zero-order chi connectivity index (χ0) is 19.6. The van der Waals surface area contributed by atoms with Gasteiger partial charge in [-0.1, -0.05) is 19.9 Å². The van der Waals surface area contributed by atoms with Crippen molar-refractivity contribution in [2.24, 2.45) is 10.9 Å². The first-order valence-corrected chi connectivity index (χ1v) is 10.0. The maximum absolute atomic E-state index is 11.6. The van der Waals surface area contributed by atoms with Crippen LogP contribution in [-0.2, 0) is 4.79 Å². The number of aromatic nitrogens is 1. The molecule has 1 saturated heterocycles. The van der Waals surface area contributed by atoms with E-state index in [-0.39, 0.29) is 35.8 Å². The van der Waals surface area contributed by atoms with Crippen LogP contribution in [0.1, 0.15) is 39.3 Å². The lowest BCUT2D eigenvalue weighted by Crippen LogP contribution is -2.49. The quantitative estimate of drug-likeness (QED) is 0.231. The maximum Gasteiger partial charge on any atom is 0.222 e. The summed E-state index contributed by atoms with van der Waals surface area (Å²) in [6.45, 7) is 11.8. The summed E-state index contributed by atoms with van der Waals surface area (Å²) in [7, 11) is 0. The van der Waals surface area contributed by atoms with E-state index in [4.69, 9.17) is 0 Å². The van der Waals surface area contributed by atoms with E-state index >= 15 is 0 Å². The topological polar surface area (TPSA) is 81.6 Å². The third-order valence-corrected chi connectivity index (χ3v) is 4.58. The molecule has 0 atom stereocenters. The predicted octanol–water partition coefficient (Wildman–Crippen LogP) is 2.30. The smallest absolute Gasteiger partial charge is 0.222 e. The molecule has 0 aliphatic carbocycles. The molecule has 0 saturated carbocycles. The van der Waals surface area contributed by atoms with Gasteiger partial charge in [-0.25, -0.2) is 4.98 Å². The molecule has 0 unspecified atom stereocenters. The number of aliphatic imine (C=N–C) groups is 1. The van der Waals surface area contributed by atoms with Crippen molar-refractivity contribution in [2.75, 3.05) is 37.6 Å². The number of anilines is 1. The average molecular weight is 502 g/mol. The fourth-order valence-corrected chi connectivity index (χ4v) is 3.02. The highest BCUT2D eigenvalue weighted by molar-refractivity contribution is 14.0. The van der Waals surface area contributed by atoms with Crippen LogP contribution in [0.3, 0.4) is 0 Å². The highest BCUT2D eigenvalue weighted by Crippen LogP contribution is 2.18. The number of pyridine rings is 1. The van der Waals surface area contributed by atoms with Gasteiger partial charge < -0.3 is 20.9 Å². The molecule has 1 amide bonds. The highest BCUT2D eigenvalue weighted by atomic mass is 127. The minimum absolute atomic E-state index is 0. The van der Waals surface area contributed by atoms with Crippen LogP contribution in [-0.4, -0.2) is 55.6 Å². The normalized spacial score (nSPS) is 15.2. The lowest BCUT2D eigenvalue weighted by atomic mass is 10.1. The molecule has 2 heterocycles. The van der Waals surface area contributed by atoms with Crippen molar-refractivity contribution in [3.05, 3.63) is 23.9 Å². The Kier molecular flexibility index (Phi) is 11.2. The van der Waals surface area contributed by atoms with Crippen LogP contribution >= 0.6 is 24.0 Å². The van der Waals surface area contributed by atoms with Gasteiger partial charge in [-0.05, 0) is 38.8 Å². The van der Waals surface area contributed by atoms with Crippen molar-refractivity contribution in [2.45, 2.75) is 46.6 Å². The van der Waals surface area contributed by atoms with E-state index in [1.54, 1.807) is 0 Å². The molecule has 1 aliphatic heterocycles. The fourth-order valence-electron chi connectivity index (χ4n) is 3.02. The van der Waals surface area contributed by atoms with Crippen molar-refractivity contribution in [1.29, 1.82) is 0 Å². The summed E-state index contributed by atoms with van der Waals surface area (Å²) >= 11 is 0. The van der Waals surface area contributed by atoms with Gasteiger partial charge >= 0.3 is 0 Å². The molecule has 0 bridgehead atoms. The van der Waals surface area contributed by atoms with Gasteiger partial charge in [0.05, 0.1) is 6.54 Å². The molecule has 8 heteroatoms. The Bertz CT molecular complexity index is 629. The van der Waals surface area contributed by atoms with Gasteiger partial charge in [-0.15, -0.1) is 24.0 Å². The van der Waals surface area contributed by atoms with E-state index < -0.39 is 0 Å². The molecule has 1 aromatic heterocycles. The summed E-state index contributed by atoms with van der Waals surface area (Å²) in [5.41, 5.74) is 1.05. The average Bonchev–Trinajstić information content (AvgIpc) is 2.65. The third kappa shape index (κ3) is 8.20. The number of guanidine groups is 1. The van der Waals surface area contributed by atoms with Gasteiger partial charge in [0.25, 0.3) is 0 Å². The highest BCUT2D eigenvalue weighted by Gasteiger charge is 2.20. The van der Waals surface area contributed by atoms with E-state index in [1.807, 2.05) is 26.8 Å². The molecule has 1 aromatic rings. The van der Waals surface area contributed by atoms with Crippen LogP contribution in [0.15, 0.2) is 23.2 Å². The number of nitrogens with zero attached hydrogens (tertiary/aromatic N) is 3. The molecule has 1 aliphatic rings. The molecule has 0 aromatic carbocycles.